The normalized spacial score (nSPS) is 16.5. The van der Waals surface area contributed by atoms with Crippen LogP contribution in [0.2, 0.25) is 0 Å². The molecule has 0 saturated carbocycles. The van der Waals surface area contributed by atoms with Gasteiger partial charge in [0, 0.05) is 61.8 Å². The topological polar surface area (TPSA) is 130 Å². The molecule has 0 unspecified atom stereocenters. The van der Waals surface area contributed by atoms with E-state index in [4.69, 9.17) is 9.90 Å². The number of halogens is 3. The Balaban J connectivity index is 0.000000320. The molecule has 14 heteroatoms. The van der Waals surface area contributed by atoms with Crippen LogP contribution in [0.1, 0.15) is 5.82 Å². The molecule has 2 aliphatic heterocycles. The summed E-state index contributed by atoms with van der Waals surface area (Å²) in [5.74, 6) is -1.58. The Kier molecular flexibility index (Phi) is 5.20. The number of aryl methyl sites for hydroxylation is 1. The number of rotatable bonds is 2. The van der Waals surface area contributed by atoms with Gasteiger partial charge in [0.1, 0.15) is 11.5 Å². The van der Waals surface area contributed by atoms with Crippen LogP contribution in [0.5, 0.6) is 0 Å². The van der Waals surface area contributed by atoms with Crippen LogP contribution in [-0.2, 0) is 4.79 Å². The largest absolute Gasteiger partial charge is 0.490 e. The highest BCUT2D eigenvalue weighted by Crippen LogP contribution is 2.37. The fourth-order valence-corrected chi connectivity index (χ4v) is 4.09. The maximum absolute atomic E-state index is 12.8. The van der Waals surface area contributed by atoms with Crippen molar-refractivity contribution in [3.05, 3.63) is 53.0 Å². The molecule has 1 spiro atoms. The molecule has 2 fully saturated rings. The van der Waals surface area contributed by atoms with Crippen LogP contribution in [0.25, 0.3) is 22.7 Å². The first kappa shape index (κ1) is 22.7. The Morgan fingerprint density at radius 3 is 2.51 bits per heavy atom. The zero-order valence-electron chi connectivity index (χ0n) is 18.3. The second-order valence-corrected chi connectivity index (χ2v) is 8.60. The highest BCUT2D eigenvalue weighted by molar-refractivity contribution is 5.73. The van der Waals surface area contributed by atoms with E-state index in [1.807, 2.05) is 25.3 Å². The lowest BCUT2D eigenvalue weighted by molar-refractivity contribution is -0.192. The summed E-state index contributed by atoms with van der Waals surface area (Å²) < 4.78 is 34.9. The molecule has 0 atom stereocenters. The quantitative estimate of drug-likeness (QED) is 0.427. The first-order chi connectivity index (χ1) is 16.5. The van der Waals surface area contributed by atoms with E-state index in [0.717, 1.165) is 37.4 Å². The van der Waals surface area contributed by atoms with E-state index >= 15 is 0 Å². The Morgan fingerprint density at radius 1 is 1.17 bits per heavy atom. The van der Waals surface area contributed by atoms with Crippen molar-refractivity contribution in [1.82, 2.24) is 34.3 Å². The maximum atomic E-state index is 12.8. The van der Waals surface area contributed by atoms with Crippen molar-refractivity contribution < 1.29 is 23.1 Å². The third-order valence-electron chi connectivity index (χ3n) is 5.90. The molecule has 2 aliphatic rings. The first-order valence-electron chi connectivity index (χ1n) is 10.5. The first-order valence-corrected chi connectivity index (χ1v) is 10.5. The van der Waals surface area contributed by atoms with Gasteiger partial charge in [0.15, 0.2) is 0 Å². The fraction of sp³-hybridized carbons (Fsp3) is 0.333. The van der Waals surface area contributed by atoms with Crippen LogP contribution in [0.4, 0.5) is 18.9 Å². The smallest absolute Gasteiger partial charge is 0.475 e. The molecule has 4 aromatic heterocycles. The lowest BCUT2D eigenvalue weighted by Gasteiger charge is -2.57. The van der Waals surface area contributed by atoms with E-state index in [0.29, 0.717) is 28.4 Å². The van der Waals surface area contributed by atoms with E-state index in [2.05, 4.69) is 30.3 Å². The minimum atomic E-state index is -5.08. The lowest BCUT2D eigenvalue weighted by Crippen LogP contribution is -2.71. The molecule has 4 aromatic rings. The average Bonchev–Trinajstić information content (AvgIpc) is 3.11. The van der Waals surface area contributed by atoms with Crippen LogP contribution in [0, 0.1) is 12.3 Å². The summed E-state index contributed by atoms with van der Waals surface area (Å²) >= 11 is 0. The van der Waals surface area contributed by atoms with E-state index in [1.54, 1.807) is 21.3 Å². The predicted molar refractivity (Wildman–Crippen MR) is 117 cm³/mol. The SMILES string of the molecule is Cc1nc2ncc(-c3cc(=O)n4cc(N5CC6(CNC6)C5)ccc4n3)cn2n1.O=C(O)C(F)(F)F. The minimum Gasteiger partial charge on any atom is -0.475 e. The summed E-state index contributed by atoms with van der Waals surface area (Å²) in [6.07, 6.45) is 0.263. The molecule has 0 amide bonds. The van der Waals surface area contributed by atoms with Crippen LogP contribution in [0.3, 0.4) is 0 Å². The second kappa shape index (κ2) is 8.01. The van der Waals surface area contributed by atoms with Crippen molar-refractivity contribution in [2.45, 2.75) is 13.1 Å². The number of carbonyl (C=O) groups is 1. The van der Waals surface area contributed by atoms with Crippen LogP contribution in [-0.4, -0.2) is 72.4 Å². The highest BCUT2D eigenvalue weighted by Gasteiger charge is 2.47. The van der Waals surface area contributed by atoms with E-state index in [1.165, 1.54) is 6.07 Å². The van der Waals surface area contributed by atoms with Crippen LogP contribution in [0.15, 0.2) is 41.6 Å². The number of carboxylic acid groups (broad SMARTS) is 1. The Bertz CT molecular complexity index is 1500. The van der Waals surface area contributed by atoms with Crippen molar-refractivity contribution >= 4 is 23.1 Å². The summed E-state index contributed by atoms with van der Waals surface area (Å²) in [7, 11) is 0. The standard InChI is InChI=1S/C19H18N8O.C2HF3O2/c1-12-22-18-21-5-13(6-27(18)24-12)15-4-17(28)26-7-14(2-3-16(26)23-15)25-10-19(11-25)8-20-9-19;3-2(4,5)1(6)7/h2-7,20H,8-11H2,1H3;(H,6,7). The molecule has 182 valence electrons. The number of anilines is 1. The number of aliphatic carboxylic acids is 1. The van der Waals surface area contributed by atoms with E-state index < -0.39 is 12.1 Å². The van der Waals surface area contributed by atoms with Crippen molar-refractivity contribution in [3.8, 4) is 11.3 Å². The van der Waals surface area contributed by atoms with Crippen molar-refractivity contribution in [2.75, 3.05) is 31.1 Å². The van der Waals surface area contributed by atoms with Gasteiger partial charge in [-0.1, -0.05) is 0 Å². The summed E-state index contributed by atoms with van der Waals surface area (Å²) in [6.45, 7) is 6.06. The number of pyridine rings is 1. The summed E-state index contributed by atoms with van der Waals surface area (Å²) in [5, 5.41) is 14.7. The zero-order valence-corrected chi connectivity index (χ0v) is 18.3. The molecule has 0 bridgehead atoms. The molecular formula is C21H19F3N8O3. The molecule has 0 aliphatic carbocycles. The van der Waals surface area contributed by atoms with E-state index in [9.17, 15) is 18.0 Å². The minimum absolute atomic E-state index is 0.114. The maximum Gasteiger partial charge on any atom is 0.490 e. The highest BCUT2D eigenvalue weighted by atomic mass is 19.4. The number of alkyl halides is 3. The van der Waals surface area contributed by atoms with Gasteiger partial charge in [-0.2, -0.15) is 23.3 Å². The van der Waals surface area contributed by atoms with Gasteiger partial charge in [-0.15, -0.1) is 0 Å². The predicted octanol–water partition coefficient (Wildman–Crippen LogP) is 1.15. The Hall–Kier alpha value is -4.07. The lowest BCUT2D eigenvalue weighted by atomic mass is 9.74. The number of fused-ring (bicyclic) bond motifs is 2. The van der Waals surface area contributed by atoms with Gasteiger partial charge in [0.05, 0.1) is 11.4 Å². The number of nitrogens with one attached hydrogen (secondary N) is 1. The van der Waals surface area contributed by atoms with Crippen LogP contribution < -0.4 is 15.8 Å². The Labute approximate surface area is 194 Å². The zero-order chi connectivity index (χ0) is 25.0. The monoisotopic (exact) mass is 488 g/mol. The third-order valence-corrected chi connectivity index (χ3v) is 5.90. The second-order valence-electron chi connectivity index (χ2n) is 8.60. The number of hydrogen-bond acceptors (Lipinski definition) is 8. The summed E-state index contributed by atoms with van der Waals surface area (Å²) in [5.41, 5.74) is 3.29. The Morgan fingerprint density at radius 2 is 1.89 bits per heavy atom. The molecule has 35 heavy (non-hydrogen) atoms. The van der Waals surface area contributed by atoms with Crippen molar-refractivity contribution in [3.63, 3.8) is 0 Å². The van der Waals surface area contributed by atoms with Gasteiger partial charge in [0.25, 0.3) is 11.3 Å². The van der Waals surface area contributed by atoms with Gasteiger partial charge in [-0.25, -0.2) is 19.3 Å². The third kappa shape index (κ3) is 4.27. The molecule has 0 aromatic carbocycles. The van der Waals surface area contributed by atoms with Crippen LogP contribution >= 0.6 is 0 Å². The molecule has 0 radical (unpaired) electrons. The summed E-state index contributed by atoms with van der Waals surface area (Å²) in [6, 6.07) is 5.47. The molecule has 11 nitrogen and oxygen atoms in total. The van der Waals surface area contributed by atoms with Crippen molar-refractivity contribution in [1.29, 1.82) is 0 Å². The number of aromatic nitrogens is 6. The van der Waals surface area contributed by atoms with Gasteiger partial charge in [0.2, 0.25) is 0 Å². The number of carboxylic acids is 1. The molecule has 2 saturated heterocycles. The number of nitrogens with zero attached hydrogens (tertiary/aromatic N) is 7. The fourth-order valence-electron chi connectivity index (χ4n) is 4.09. The average molecular weight is 488 g/mol. The number of hydrogen-bond donors (Lipinski definition) is 2. The molecule has 6 heterocycles. The van der Waals surface area contributed by atoms with Gasteiger partial charge in [-0.05, 0) is 19.1 Å². The molecule has 6 rings (SSSR count). The summed E-state index contributed by atoms with van der Waals surface area (Å²) in [4.78, 5) is 37.1. The molecule has 2 N–H and O–H groups in total. The van der Waals surface area contributed by atoms with Gasteiger partial charge in [-0.3, -0.25) is 9.20 Å². The van der Waals surface area contributed by atoms with E-state index in [-0.39, 0.29) is 5.56 Å². The van der Waals surface area contributed by atoms with Crippen molar-refractivity contribution in [2.24, 2.45) is 5.41 Å². The van der Waals surface area contributed by atoms with Gasteiger partial charge < -0.3 is 15.3 Å². The van der Waals surface area contributed by atoms with Gasteiger partial charge >= 0.3 is 12.1 Å². The molecular weight excluding hydrogens is 469 g/mol.